The van der Waals surface area contributed by atoms with Gasteiger partial charge in [0, 0.05) is 6.54 Å². The van der Waals surface area contributed by atoms with Crippen LogP contribution in [0.4, 0.5) is 0 Å². The zero-order chi connectivity index (χ0) is 11.1. The molecule has 1 heterocycles. The Morgan fingerprint density at radius 3 is 3.07 bits per heavy atom. The van der Waals surface area contributed by atoms with E-state index in [0.717, 1.165) is 12.2 Å². The maximum Gasteiger partial charge on any atom is 0.378 e. The third kappa shape index (κ3) is 3.50. The minimum Gasteiger partial charge on any atom is -0.460 e. The van der Waals surface area contributed by atoms with Crippen molar-refractivity contribution in [3.63, 3.8) is 0 Å². The molecule has 0 bridgehead atoms. The van der Waals surface area contributed by atoms with Gasteiger partial charge in [0.2, 0.25) is 0 Å². The lowest BCUT2D eigenvalue weighted by molar-refractivity contribution is 0.0504. The highest BCUT2D eigenvalue weighted by Crippen LogP contribution is 2.01. The number of ether oxygens (including phenoxy) is 1. The van der Waals surface area contributed by atoms with Gasteiger partial charge in [-0.2, -0.15) is 11.8 Å². The highest BCUT2D eigenvalue weighted by Gasteiger charge is 2.15. The number of hydrogen-bond donors (Lipinski definition) is 0. The minimum atomic E-state index is -0.466. The highest BCUT2D eigenvalue weighted by atomic mass is 32.2. The number of rotatable bonds is 6. The van der Waals surface area contributed by atoms with Crippen LogP contribution in [0, 0.1) is 0 Å². The van der Waals surface area contributed by atoms with E-state index in [1.54, 1.807) is 18.7 Å². The maximum atomic E-state index is 11.4. The molecule has 0 saturated carbocycles. The lowest BCUT2D eigenvalue weighted by atomic mass is 10.4. The third-order valence-electron chi connectivity index (χ3n) is 1.71. The van der Waals surface area contributed by atoms with Crippen LogP contribution in [-0.4, -0.2) is 44.8 Å². The number of aromatic nitrogens is 4. The fourth-order valence-electron chi connectivity index (χ4n) is 1.06. The summed E-state index contributed by atoms with van der Waals surface area (Å²) < 4.78 is 6.31. The molecule has 0 spiro atoms. The van der Waals surface area contributed by atoms with Gasteiger partial charge in [-0.05, 0) is 35.8 Å². The number of nitrogens with zero attached hydrogens (tertiary/aromatic N) is 4. The summed E-state index contributed by atoms with van der Waals surface area (Å²) in [5.41, 5.74) is 0. The Labute approximate surface area is 92.4 Å². The summed E-state index contributed by atoms with van der Waals surface area (Å²) >= 11 is 1.75. The molecule has 0 aliphatic carbocycles. The van der Waals surface area contributed by atoms with Gasteiger partial charge in [0.15, 0.2) is 0 Å². The quantitative estimate of drug-likeness (QED) is 0.526. The van der Waals surface area contributed by atoms with Gasteiger partial charge in [0.05, 0.1) is 6.61 Å². The van der Waals surface area contributed by atoms with Gasteiger partial charge >= 0.3 is 5.97 Å². The summed E-state index contributed by atoms with van der Waals surface area (Å²) in [6.45, 7) is 2.72. The van der Waals surface area contributed by atoms with Gasteiger partial charge in [-0.3, -0.25) is 0 Å². The van der Waals surface area contributed by atoms with Gasteiger partial charge in [0.25, 0.3) is 5.82 Å². The smallest absolute Gasteiger partial charge is 0.378 e. The SMILES string of the molecule is CCOC(=O)c1nnnn1CCCSC. The second kappa shape index (κ2) is 6.39. The predicted octanol–water partition coefficient (Wildman–Crippen LogP) is 0.603. The number of carbonyl (C=O) groups is 1. The standard InChI is InChI=1S/C8H14N4O2S/c1-3-14-8(13)7-9-10-11-12(7)5-4-6-15-2/h3-6H2,1-2H3. The lowest BCUT2D eigenvalue weighted by Crippen LogP contribution is -2.15. The first-order valence-corrected chi connectivity index (χ1v) is 6.11. The van der Waals surface area contributed by atoms with E-state index in [-0.39, 0.29) is 5.82 Å². The zero-order valence-corrected chi connectivity index (χ0v) is 9.66. The van der Waals surface area contributed by atoms with Crippen LogP contribution in [-0.2, 0) is 11.3 Å². The Kier molecular flexibility index (Phi) is 5.09. The van der Waals surface area contributed by atoms with Gasteiger partial charge in [-0.25, -0.2) is 9.48 Å². The largest absolute Gasteiger partial charge is 0.460 e. The molecule has 1 rings (SSSR count). The molecule has 84 valence electrons. The second-order valence-electron chi connectivity index (χ2n) is 2.79. The number of thioether (sulfide) groups is 1. The number of esters is 1. The normalized spacial score (nSPS) is 10.3. The summed E-state index contributed by atoms with van der Waals surface area (Å²) in [5.74, 6) is 0.729. The van der Waals surface area contributed by atoms with Crippen LogP contribution in [0.3, 0.4) is 0 Å². The van der Waals surface area contributed by atoms with E-state index >= 15 is 0 Å². The van der Waals surface area contributed by atoms with Crippen molar-refractivity contribution >= 4 is 17.7 Å². The molecule has 0 amide bonds. The van der Waals surface area contributed by atoms with E-state index in [9.17, 15) is 4.79 Å². The molecule has 0 fully saturated rings. The van der Waals surface area contributed by atoms with Crippen molar-refractivity contribution in [2.75, 3.05) is 18.6 Å². The van der Waals surface area contributed by atoms with Crippen molar-refractivity contribution in [2.24, 2.45) is 0 Å². The van der Waals surface area contributed by atoms with Gasteiger partial charge in [-0.15, -0.1) is 5.10 Å². The van der Waals surface area contributed by atoms with Crippen LogP contribution in [0.1, 0.15) is 24.0 Å². The molecule has 0 radical (unpaired) electrons. The zero-order valence-electron chi connectivity index (χ0n) is 8.84. The molecule has 7 heteroatoms. The predicted molar refractivity (Wildman–Crippen MR) is 56.8 cm³/mol. The van der Waals surface area contributed by atoms with Gasteiger partial charge in [0.1, 0.15) is 0 Å². The highest BCUT2D eigenvalue weighted by molar-refractivity contribution is 7.98. The molecule has 6 nitrogen and oxygen atoms in total. The van der Waals surface area contributed by atoms with E-state index in [1.165, 1.54) is 4.68 Å². The van der Waals surface area contributed by atoms with Gasteiger partial charge in [-0.1, -0.05) is 0 Å². The fraction of sp³-hybridized carbons (Fsp3) is 0.750. The Morgan fingerprint density at radius 2 is 2.40 bits per heavy atom. The molecule has 1 aromatic rings. The molecule has 0 atom stereocenters. The Morgan fingerprint density at radius 1 is 1.60 bits per heavy atom. The Balaban J connectivity index is 2.56. The summed E-state index contributed by atoms with van der Waals surface area (Å²) in [4.78, 5) is 11.4. The summed E-state index contributed by atoms with van der Waals surface area (Å²) in [7, 11) is 0. The first-order chi connectivity index (χ1) is 7.29. The van der Waals surface area contributed by atoms with Crippen molar-refractivity contribution in [3.05, 3.63) is 5.82 Å². The molecule has 1 aromatic heterocycles. The molecule has 0 N–H and O–H groups in total. The number of aryl methyl sites for hydroxylation is 1. The molecule has 15 heavy (non-hydrogen) atoms. The van der Waals surface area contributed by atoms with Crippen LogP contribution >= 0.6 is 11.8 Å². The van der Waals surface area contributed by atoms with E-state index < -0.39 is 5.97 Å². The van der Waals surface area contributed by atoms with Crippen molar-refractivity contribution < 1.29 is 9.53 Å². The fourth-order valence-corrected chi connectivity index (χ4v) is 1.47. The van der Waals surface area contributed by atoms with Crippen LogP contribution in [0.25, 0.3) is 0 Å². The lowest BCUT2D eigenvalue weighted by Gasteiger charge is -2.02. The van der Waals surface area contributed by atoms with Gasteiger partial charge < -0.3 is 4.74 Å². The van der Waals surface area contributed by atoms with Crippen molar-refractivity contribution in [3.8, 4) is 0 Å². The van der Waals surface area contributed by atoms with E-state index in [4.69, 9.17) is 4.74 Å². The molecule has 0 aromatic carbocycles. The molecule has 0 aliphatic rings. The Hall–Kier alpha value is -1.11. The summed E-state index contributed by atoms with van der Waals surface area (Å²) in [5, 5.41) is 10.8. The molecule has 0 saturated heterocycles. The first-order valence-electron chi connectivity index (χ1n) is 4.71. The second-order valence-corrected chi connectivity index (χ2v) is 3.78. The third-order valence-corrected chi connectivity index (χ3v) is 2.41. The summed E-state index contributed by atoms with van der Waals surface area (Å²) in [6, 6.07) is 0. The van der Waals surface area contributed by atoms with Crippen LogP contribution in [0.5, 0.6) is 0 Å². The van der Waals surface area contributed by atoms with Crippen LogP contribution in [0.15, 0.2) is 0 Å². The Bertz CT molecular complexity index is 315. The average molecular weight is 230 g/mol. The maximum absolute atomic E-state index is 11.4. The molecule has 0 unspecified atom stereocenters. The van der Waals surface area contributed by atoms with Crippen LogP contribution in [0.2, 0.25) is 0 Å². The van der Waals surface area contributed by atoms with Crippen molar-refractivity contribution in [1.82, 2.24) is 20.2 Å². The van der Waals surface area contributed by atoms with E-state index in [0.29, 0.717) is 13.2 Å². The topological polar surface area (TPSA) is 69.9 Å². The average Bonchev–Trinajstić information content (AvgIpc) is 2.67. The van der Waals surface area contributed by atoms with Crippen molar-refractivity contribution in [2.45, 2.75) is 19.9 Å². The number of hydrogen-bond acceptors (Lipinski definition) is 6. The van der Waals surface area contributed by atoms with Crippen LogP contribution < -0.4 is 0 Å². The van der Waals surface area contributed by atoms with E-state index in [1.807, 2.05) is 6.26 Å². The molecular formula is C8H14N4O2S. The van der Waals surface area contributed by atoms with Crippen molar-refractivity contribution in [1.29, 1.82) is 0 Å². The monoisotopic (exact) mass is 230 g/mol. The van der Waals surface area contributed by atoms with E-state index in [2.05, 4.69) is 15.5 Å². The summed E-state index contributed by atoms with van der Waals surface area (Å²) in [6.07, 6.45) is 2.96. The molecular weight excluding hydrogens is 216 g/mol. The first kappa shape index (κ1) is 12.0. The minimum absolute atomic E-state index is 0.179. The molecule has 0 aliphatic heterocycles. The number of tetrazole rings is 1. The number of carbonyl (C=O) groups excluding carboxylic acids is 1.